The van der Waals surface area contributed by atoms with Crippen LogP contribution in [0, 0.1) is 67.2 Å². The molecule has 4 nitrogen and oxygen atoms in total. The van der Waals surface area contributed by atoms with Crippen LogP contribution in [0.3, 0.4) is 0 Å². The van der Waals surface area contributed by atoms with Crippen LogP contribution in [-0.4, -0.2) is 20.4 Å². The first-order valence-corrected chi connectivity index (χ1v) is 15.6. The lowest BCUT2D eigenvalue weighted by molar-refractivity contribution is 0.431. The standard InChI is InChI=1S/2C20H26O2/c2*1-11(2)18(16-9-12(3)7-14(5)19(16)21)17-10-13(4)8-15(6)20(17)22/h2*7-11,18,21-22H,1-6H3. The topological polar surface area (TPSA) is 80.9 Å². The number of hydrogen-bond donors (Lipinski definition) is 4. The molecule has 0 aliphatic rings. The summed E-state index contributed by atoms with van der Waals surface area (Å²) in [5.41, 5.74) is 11.6. The van der Waals surface area contributed by atoms with Gasteiger partial charge in [0.2, 0.25) is 0 Å². The highest BCUT2D eigenvalue weighted by Gasteiger charge is 2.27. The molecule has 4 rings (SSSR count). The molecule has 236 valence electrons. The first-order chi connectivity index (χ1) is 20.4. The van der Waals surface area contributed by atoms with Crippen LogP contribution in [0.15, 0.2) is 48.5 Å². The molecule has 0 unspecified atom stereocenters. The van der Waals surface area contributed by atoms with Crippen molar-refractivity contribution in [3.63, 3.8) is 0 Å². The Morgan fingerprint density at radius 3 is 0.682 bits per heavy atom. The third-order valence-electron chi connectivity index (χ3n) is 8.57. The second kappa shape index (κ2) is 13.8. The summed E-state index contributed by atoms with van der Waals surface area (Å²) < 4.78 is 0. The molecule has 0 saturated heterocycles. The van der Waals surface area contributed by atoms with E-state index in [1.807, 2.05) is 104 Å². The average Bonchev–Trinajstić information content (AvgIpc) is 2.90. The number of aromatic hydroxyl groups is 4. The predicted molar refractivity (Wildman–Crippen MR) is 184 cm³/mol. The Balaban J connectivity index is 0.000000240. The molecule has 0 spiro atoms. The zero-order chi connectivity index (χ0) is 33.2. The summed E-state index contributed by atoms with van der Waals surface area (Å²) >= 11 is 0. The first kappa shape index (κ1) is 34.6. The maximum atomic E-state index is 10.6. The second-order valence-corrected chi connectivity index (χ2v) is 13.5. The first-order valence-electron chi connectivity index (χ1n) is 15.6. The molecule has 0 saturated carbocycles. The lowest BCUT2D eigenvalue weighted by Gasteiger charge is -2.26. The minimum Gasteiger partial charge on any atom is -0.507 e. The summed E-state index contributed by atoms with van der Waals surface area (Å²) in [5.74, 6) is 1.81. The molecule has 0 radical (unpaired) electrons. The molecule has 0 aromatic heterocycles. The van der Waals surface area contributed by atoms with E-state index in [4.69, 9.17) is 0 Å². The summed E-state index contributed by atoms with van der Waals surface area (Å²) in [6.45, 7) is 24.3. The highest BCUT2D eigenvalue weighted by Crippen LogP contribution is 2.44. The fraction of sp³-hybridized carbons (Fsp3) is 0.400. The molecule has 0 bridgehead atoms. The summed E-state index contributed by atoms with van der Waals surface area (Å²) in [5, 5.41) is 42.2. The van der Waals surface area contributed by atoms with Crippen LogP contribution >= 0.6 is 0 Å². The van der Waals surface area contributed by atoms with Crippen molar-refractivity contribution >= 4 is 0 Å². The quantitative estimate of drug-likeness (QED) is 0.178. The van der Waals surface area contributed by atoms with Gasteiger partial charge in [-0.15, -0.1) is 0 Å². The molecule has 0 atom stereocenters. The third-order valence-corrected chi connectivity index (χ3v) is 8.57. The maximum Gasteiger partial charge on any atom is 0.122 e. The van der Waals surface area contributed by atoms with Gasteiger partial charge in [-0.05, 0) is 89.5 Å². The Morgan fingerprint density at radius 1 is 0.341 bits per heavy atom. The van der Waals surface area contributed by atoms with Crippen molar-refractivity contribution < 1.29 is 20.4 Å². The molecule has 0 aliphatic heterocycles. The van der Waals surface area contributed by atoms with Gasteiger partial charge in [0, 0.05) is 34.1 Å². The monoisotopic (exact) mass is 596 g/mol. The van der Waals surface area contributed by atoms with Crippen LogP contribution < -0.4 is 0 Å². The minimum atomic E-state index is -0.0304. The van der Waals surface area contributed by atoms with E-state index in [1.54, 1.807) is 0 Å². The van der Waals surface area contributed by atoms with E-state index in [9.17, 15) is 20.4 Å². The van der Waals surface area contributed by atoms with Crippen molar-refractivity contribution in [1.82, 2.24) is 0 Å². The number of phenolic OH excluding ortho intramolecular Hbond substituents is 4. The van der Waals surface area contributed by atoms with Crippen molar-refractivity contribution in [3.05, 3.63) is 115 Å². The Morgan fingerprint density at radius 2 is 0.523 bits per heavy atom. The van der Waals surface area contributed by atoms with Gasteiger partial charge in [0.15, 0.2) is 0 Å². The van der Waals surface area contributed by atoms with E-state index in [-0.39, 0.29) is 23.7 Å². The number of rotatable bonds is 6. The Bertz CT molecular complexity index is 1410. The van der Waals surface area contributed by atoms with Crippen LogP contribution in [0.5, 0.6) is 23.0 Å². The highest BCUT2D eigenvalue weighted by atomic mass is 16.3. The lowest BCUT2D eigenvalue weighted by atomic mass is 9.79. The van der Waals surface area contributed by atoms with E-state index in [1.165, 1.54) is 0 Å². The van der Waals surface area contributed by atoms with Gasteiger partial charge < -0.3 is 20.4 Å². The van der Waals surface area contributed by atoms with Crippen molar-refractivity contribution in [3.8, 4) is 23.0 Å². The third kappa shape index (κ3) is 7.41. The van der Waals surface area contributed by atoms with E-state index in [0.29, 0.717) is 23.0 Å². The van der Waals surface area contributed by atoms with E-state index in [0.717, 1.165) is 66.8 Å². The zero-order valence-corrected chi connectivity index (χ0v) is 28.7. The summed E-state index contributed by atoms with van der Waals surface area (Å²) in [7, 11) is 0. The van der Waals surface area contributed by atoms with Crippen molar-refractivity contribution in [2.45, 2.75) is 94.9 Å². The molecule has 4 aromatic rings. The molecule has 0 heterocycles. The number of hydrogen-bond acceptors (Lipinski definition) is 4. The van der Waals surface area contributed by atoms with E-state index in [2.05, 4.69) is 27.7 Å². The van der Waals surface area contributed by atoms with Gasteiger partial charge >= 0.3 is 0 Å². The smallest absolute Gasteiger partial charge is 0.122 e. The van der Waals surface area contributed by atoms with Crippen molar-refractivity contribution in [1.29, 1.82) is 0 Å². The second-order valence-electron chi connectivity index (χ2n) is 13.5. The highest BCUT2D eigenvalue weighted by molar-refractivity contribution is 5.55. The maximum absolute atomic E-state index is 10.6. The SMILES string of the molecule is Cc1cc(C)c(O)c(C(c2cc(C)cc(C)c2O)C(C)C)c1.Cc1cc(C)c(O)c(C(c2cc(C)cc(C)c2O)C(C)C)c1. The molecular formula is C40H52O4. The molecule has 0 fully saturated rings. The van der Waals surface area contributed by atoms with Gasteiger partial charge in [0.1, 0.15) is 23.0 Å². The van der Waals surface area contributed by atoms with Crippen molar-refractivity contribution in [2.24, 2.45) is 11.8 Å². The lowest BCUT2D eigenvalue weighted by Crippen LogP contribution is -2.11. The molecule has 0 aliphatic carbocycles. The number of benzene rings is 4. The van der Waals surface area contributed by atoms with Crippen LogP contribution in [0.1, 0.15) is 106 Å². The van der Waals surface area contributed by atoms with Gasteiger partial charge in [0.25, 0.3) is 0 Å². The van der Waals surface area contributed by atoms with Gasteiger partial charge in [0.05, 0.1) is 0 Å². The van der Waals surface area contributed by atoms with Gasteiger partial charge in [-0.25, -0.2) is 0 Å². The Labute approximate surface area is 265 Å². The largest absolute Gasteiger partial charge is 0.507 e. The van der Waals surface area contributed by atoms with Gasteiger partial charge in [-0.2, -0.15) is 0 Å². The summed E-state index contributed by atoms with van der Waals surface area (Å²) in [4.78, 5) is 0. The summed E-state index contributed by atoms with van der Waals surface area (Å²) in [6.07, 6.45) is 0. The molecule has 0 amide bonds. The van der Waals surface area contributed by atoms with Crippen LogP contribution in [-0.2, 0) is 0 Å². The van der Waals surface area contributed by atoms with Crippen LogP contribution in [0.2, 0.25) is 0 Å². The molecule has 4 N–H and O–H groups in total. The van der Waals surface area contributed by atoms with E-state index >= 15 is 0 Å². The van der Waals surface area contributed by atoms with Crippen molar-refractivity contribution in [2.75, 3.05) is 0 Å². The Hall–Kier alpha value is -3.92. The summed E-state index contributed by atoms with van der Waals surface area (Å²) in [6, 6.07) is 16.1. The van der Waals surface area contributed by atoms with Crippen LogP contribution in [0.4, 0.5) is 0 Å². The molecular weight excluding hydrogens is 544 g/mol. The fourth-order valence-electron chi connectivity index (χ4n) is 6.69. The molecule has 4 aromatic carbocycles. The predicted octanol–water partition coefficient (Wildman–Crippen LogP) is 10.2. The molecule has 4 heteroatoms. The normalized spacial score (nSPS) is 11.5. The molecule has 44 heavy (non-hydrogen) atoms. The Kier molecular flexibility index (Phi) is 10.8. The van der Waals surface area contributed by atoms with E-state index < -0.39 is 0 Å². The van der Waals surface area contributed by atoms with Crippen LogP contribution in [0.25, 0.3) is 0 Å². The number of phenols is 4. The fourth-order valence-corrected chi connectivity index (χ4v) is 6.69. The van der Waals surface area contributed by atoms with Gasteiger partial charge in [-0.1, -0.05) is 98.5 Å². The number of aryl methyl sites for hydroxylation is 8. The average molecular weight is 597 g/mol. The minimum absolute atomic E-state index is 0.0304. The zero-order valence-electron chi connectivity index (χ0n) is 28.7. The van der Waals surface area contributed by atoms with Gasteiger partial charge in [-0.3, -0.25) is 0 Å².